The molecule has 0 bridgehead atoms. The quantitative estimate of drug-likeness (QED) is 0.362. The van der Waals surface area contributed by atoms with Crippen LogP contribution in [-0.2, 0) is 14.3 Å². The van der Waals surface area contributed by atoms with Crippen LogP contribution in [0.2, 0.25) is 0 Å². The molecule has 1 rings (SSSR count). The maximum Gasteiger partial charge on any atom is 0.342 e. The van der Waals surface area contributed by atoms with E-state index >= 15 is 0 Å². The van der Waals surface area contributed by atoms with Gasteiger partial charge >= 0.3 is 11.9 Å². The molecule has 102 valence electrons. The number of carbonyl (C=O) groups is 2. The van der Waals surface area contributed by atoms with E-state index in [4.69, 9.17) is 9.47 Å². The van der Waals surface area contributed by atoms with E-state index in [1.54, 1.807) is 0 Å². The molecule has 0 saturated heterocycles. The van der Waals surface area contributed by atoms with Gasteiger partial charge in [0.25, 0.3) is 0 Å². The van der Waals surface area contributed by atoms with Gasteiger partial charge in [-0.15, -0.1) is 0 Å². The first kappa shape index (κ1) is 14.6. The monoisotopic (exact) mass is 266 g/mol. The number of carbonyl (C=O) groups excluding carboxylic acids is 2. The molecule has 0 radical (unpaired) electrons. The van der Waals surface area contributed by atoms with Crippen LogP contribution in [0.3, 0.4) is 0 Å². The molecule has 1 aromatic rings. The zero-order chi connectivity index (χ0) is 14.4. The fourth-order valence-electron chi connectivity index (χ4n) is 1.16. The lowest BCUT2D eigenvalue weighted by Crippen LogP contribution is -2.14. The highest BCUT2D eigenvalue weighted by Crippen LogP contribution is 2.22. The molecule has 0 aliphatic heterocycles. The van der Waals surface area contributed by atoms with E-state index in [-0.39, 0.29) is 35.8 Å². The van der Waals surface area contributed by atoms with Crippen molar-refractivity contribution in [2.75, 3.05) is 13.2 Å². The van der Waals surface area contributed by atoms with Gasteiger partial charge in [0.15, 0.2) is 0 Å². The van der Waals surface area contributed by atoms with Crippen LogP contribution >= 0.6 is 0 Å². The molecule has 19 heavy (non-hydrogen) atoms. The van der Waals surface area contributed by atoms with Gasteiger partial charge in [0.1, 0.15) is 30.3 Å². The number of phenolic OH excluding ortho intramolecular Hbond substituents is 2. The van der Waals surface area contributed by atoms with E-state index in [1.807, 2.05) is 0 Å². The molecule has 0 aliphatic rings. The second-order valence-corrected chi connectivity index (χ2v) is 3.75. The maximum atomic E-state index is 11.5. The Hall–Kier alpha value is -2.50. The Morgan fingerprint density at radius 3 is 2.47 bits per heavy atom. The average molecular weight is 266 g/mol. The van der Waals surface area contributed by atoms with E-state index in [2.05, 4.69) is 6.58 Å². The van der Waals surface area contributed by atoms with E-state index < -0.39 is 11.9 Å². The van der Waals surface area contributed by atoms with Gasteiger partial charge in [0, 0.05) is 5.57 Å². The van der Waals surface area contributed by atoms with Gasteiger partial charge in [0.05, 0.1) is 0 Å². The lowest BCUT2D eigenvalue weighted by atomic mass is 10.2. The first-order valence-electron chi connectivity index (χ1n) is 5.43. The first-order valence-corrected chi connectivity index (χ1v) is 5.43. The number of hydrogen-bond acceptors (Lipinski definition) is 6. The smallest absolute Gasteiger partial charge is 0.342 e. The summed E-state index contributed by atoms with van der Waals surface area (Å²) in [7, 11) is 0. The van der Waals surface area contributed by atoms with Crippen LogP contribution in [-0.4, -0.2) is 35.4 Å². The lowest BCUT2D eigenvalue weighted by molar-refractivity contribution is -0.140. The third-order valence-electron chi connectivity index (χ3n) is 2.10. The Morgan fingerprint density at radius 2 is 1.84 bits per heavy atom. The number of phenols is 2. The second kappa shape index (κ2) is 6.44. The number of ether oxygens (including phenoxy) is 2. The zero-order valence-electron chi connectivity index (χ0n) is 10.4. The van der Waals surface area contributed by atoms with Crippen molar-refractivity contribution in [2.24, 2.45) is 0 Å². The highest BCUT2D eigenvalue weighted by atomic mass is 16.6. The minimum Gasteiger partial charge on any atom is -0.508 e. The van der Waals surface area contributed by atoms with Crippen molar-refractivity contribution in [3.05, 3.63) is 35.9 Å². The van der Waals surface area contributed by atoms with Crippen LogP contribution in [0.5, 0.6) is 11.5 Å². The normalized spacial score (nSPS) is 9.74. The number of aromatic hydroxyl groups is 2. The highest BCUT2D eigenvalue weighted by Gasteiger charge is 2.13. The lowest BCUT2D eigenvalue weighted by Gasteiger charge is -2.07. The SMILES string of the molecule is C=C(C)C(=O)OCCOC(=O)c1cc(O)ccc1O. The van der Waals surface area contributed by atoms with Crippen LogP contribution in [0, 0.1) is 0 Å². The molecule has 6 heteroatoms. The molecule has 0 aromatic heterocycles. The molecule has 2 N–H and O–H groups in total. The van der Waals surface area contributed by atoms with Crippen LogP contribution < -0.4 is 0 Å². The Bertz CT molecular complexity index is 506. The number of rotatable bonds is 5. The van der Waals surface area contributed by atoms with Gasteiger partial charge in [-0.05, 0) is 25.1 Å². The van der Waals surface area contributed by atoms with Gasteiger partial charge in [-0.2, -0.15) is 0 Å². The number of hydrogen-bond donors (Lipinski definition) is 2. The van der Waals surface area contributed by atoms with Gasteiger partial charge < -0.3 is 19.7 Å². The Kier molecular flexibility index (Phi) is 4.93. The molecule has 0 atom stereocenters. The summed E-state index contributed by atoms with van der Waals surface area (Å²) >= 11 is 0. The standard InChI is InChI=1S/C13H14O6/c1-8(2)12(16)18-5-6-19-13(17)10-7-9(14)3-4-11(10)15/h3-4,7,14-15H,1,5-6H2,2H3. The molecular formula is C13H14O6. The van der Waals surface area contributed by atoms with Gasteiger partial charge in [-0.1, -0.05) is 6.58 Å². The molecule has 0 heterocycles. The topological polar surface area (TPSA) is 93.1 Å². The Labute approximate surface area is 109 Å². The maximum absolute atomic E-state index is 11.5. The van der Waals surface area contributed by atoms with Crippen LogP contribution in [0.15, 0.2) is 30.4 Å². The van der Waals surface area contributed by atoms with E-state index in [1.165, 1.54) is 19.1 Å². The Balaban J connectivity index is 2.46. The minimum atomic E-state index is -0.820. The molecule has 0 unspecified atom stereocenters. The molecular weight excluding hydrogens is 252 g/mol. The predicted octanol–water partition coefficient (Wildman–Crippen LogP) is 1.37. The Morgan fingerprint density at radius 1 is 1.21 bits per heavy atom. The molecule has 0 fully saturated rings. The van der Waals surface area contributed by atoms with E-state index in [0.717, 1.165) is 6.07 Å². The van der Waals surface area contributed by atoms with Crippen molar-refractivity contribution in [1.82, 2.24) is 0 Å². The largest absolute Gasteiger partial charge is 0.508 e. The van der Waals surface area contributed by atoms with Crippen molar-refractivity contribution in [1.29, 1.82) is 0 Å². The molecule has 0 saturated carbocycles. The summed E-state index contributed by atoms with van der Waals surface area (Å²) in [5.74, 6) is -1.86. The third-order valence-corrected chi connectivity index (χ3v) is 2.10. The second-order valence-electron chi connectivity index (χ2n) is 3.75. The van der Waals surface area contributed by atoms with E-state index in [0.29, 0.717) is 0 Å². The summed E-state index contributed by atoms with van der Waals surface area (Å²) in [6.07, 6.45) is 0. The molecule has 0 amide bonds. The van der Waals surface area contributed by atoms with Crippen LogP contribution in [0.4, 0.5) is 0 Å². The summed E-state index contributed by atoms with van der Waals surface area (Å²) in [6, 6.07) is 3.49. The third kappa shape index (κ3) is 4.34. The summed E-state index contributed by atoms with van der Waals surface area (Å²) < 4.78 is 9.49. The molecule has 6 nitrogen and oxygen atoms in total. The predicted molar refractivity (Wildman–Crippen MR) is 65.8 cm³/mol. The summed E-state index contributed by atoms with van der Waals surface area (Å²) in [4.78, 5) is 22.6. The number of esters is 2. The zero-order valence-corrected chi connectivity index (χ0v) is 10.4. The van der Waals surface area contributed by atoms with E-state index in [9.17, 15) is 19.8 Å². The molecule has 0 spiro atoms. The average Bonchev–Trinajstić information content (AvgIpc) is 2.36. The summed E-state index contributed by atoms with van der Waals surface area (Å²) in [6.45, 7) is 4.62. The van der Waals surface area contributed by atoms with Crippen molar-refractivity contribution in [3.8, 4) is 11.5 Å². The van der Waals surface area contributed by atoms with Crippen LogP contribution in [0.1, 0.15) is 17.3 Å². The van der Waals surface area contributed by atoms with Crippen molar-refractivity contribution in [3.63, 3.8) is 0 Å². The number of benzene rings is 1. The molecule has 1 aromatic carbocycles. The minimum absolute atomic E-state index is 0.114. The van der Waals surface area contributed by atoms with Crippen molar-refractivity contribution >= 4 is 11.9 Å². The van der Waals surface area contributed by atoms with Crippen molar-refractivity contribution < 1.29 is 29.3 Å². The van der Waals surface area contributed by atoms with Crippen molar-refractivity contribution in [2.45, 2.75) is 6.92 Å². The van der Waals surface area contributed by atoms with Gasteiger partial charge in [-0.3, -0.25) is 0 Å². The first-order chi connectivity index (χ1) is 8.91. The molecule has 0 aliphatic carbocycles. The summed E-state index contributed by atoms with van der Waals surface area (Å²) in [5, 5.41) is 18.6. The summed E-state index contributed by atoms with van der Waals surface area (Å²) in [5.41, 5.74) is 0.0863. The van der Waals surface area contributed by atoms with Gasteiger partial charge in [0.2, 0.25) is 0 Å². The fraction of sp³-hybridized carbons (Fsp3) is 0.231. The fourth-order valence-corrected chi connectivity index (χ4v) is 1.16. The van der Waals surface area contributed by atoms with Crippen LogP contribution in [0.25, 0.3) is 0 Å². The highest BCUT2D eigenvalue weighted by molar-refractivity contribution is 5.92. The van der Waals surface area contributed by atoms with Gasteiger partial charge in [-0.25, -0.2) is 9.59 Å².